The van der Waals surface area contributed by atoms with E-state index in [0.717, 1.165) is 0 Å². The second-order valence-electron chi connectivity index (χ2n) is 6.50. The summed E-state index contributed by atoms with van der Waals surface area (Å²) in [6.45, 7) is 4.25. The van der Waals surface area contributed by atoms with Gasteiger partial charge in [0.1, 0.15) is 5.75 Å². The van der Waals surface area contributed by atoms with Gasteiger partial charge < -0.3 is 14.8 Å². The molecule has 0 aliphatic carbocycles. The van der Waals surface area contributed by atoms with E-state index in [1.165, 1.54) is 4.68 Å². The SMILES string of the molecule is CCCn1nc(C(=O)OCC(=O)Nc2ccc(OCC)cc2)c2ccccc2c1=O. The van der Waals surface area contributed by atoms with Crippen molar-refractivity contribution in [2.45, 2.75) is 26.8 Å². The average molecular weight is 409 g/mol. The largest absolute Gasteiger partial charge is 0.494 e. The highest BCUT2D eigenvalue weighted by Gasteiger charge is 2.19. The minimum Gasteiger partial charge on any atom is -0.494 e. The summed E-state index contributed by atoms with van der Waals surface area (Å²) in [5.74, 6) is -0.557. The van der Waals surface area contributed by atoms with Crippen molar-refractivity contribution in [2.75, 3.05) is 18.5 Å². The van der Waals surface area contributed by atoms with Gasteiger partial charge in [-0.15, -0.1) is 0 Å². The Morgan fingerprint density at radius 2 is 1.73 bits per heavy atom. The average Bonchev–Trinajstić information content (AvgIpc) is 2.76. The van der Waals surface area contributed by atoms with Crippen LogP contribution in [-0.4, -0.2) is 34.9 Å². The number of hydrogen-bond donors (Lipinski definition) is 1. The first kappa shape index (κ1) is 21.0. The van der Waals surface area contributed by atoms with Crippen molar-refractivity contribution < 1.29 is 19.1 Å². The first-order chi connectivity index (χ1) is 14.5. The summed E-state index contributed by atoms with van der Waals surface area (Å²) in [5, 5.41) is 7.59. The summed E-state index contributed by atoms with van der Waals surface area (Å²) in [7, 11) is 0. The fraction of sp³-hybridized carbons (Fsp3) is 0.273. The van der Waals surface area contributed by atoms with Gasteiger partial charge >= 0.3 is 5.97 Å². The highest BCUT2D eigenvalue weighted by atomic mass is 16.5. The van der Waals surface area contributed by atoms with Gasteiger partial charge in [0.25, 0.3) is 11.5 Å². The van der Waals surface area contributed by atoms with Gasteiger partial charge in [-0.1, -0.05) is 25.1 Å². The lowest BCUT2D eigenvalue weighted by molar-refractivity contribution is -0.119. The van der Waals surface area contributed by atoms with E-state index in [2.05, 4.69) is 10.4 Å². The molecule has 3 aromatic rings. The number of rotatable bonds is 8. The highest BCUT2D eigenvalue weighted by Crippen LogP contribution is 2.16. The van der Waals surface area contributed by atoms with Crippen LogP contribution in [0.3, 0.4) is 0 Å². The zero-order chi connectivity index (χ0) is 21.5. The monoisotopic (exact) mass is 409 g/mol. The topological polar surface area (TPSA) is 99.5 Å². The Kier molecular flexibility index (Phi) is 6.79. The van der Waals surface area contributed by atoms with Crippen molar-refractivity contribution in [3.63, 3.8) is 0 Å². The van der Waals surface area contributed by atoms with Crippen LogP contribution in [0.1, 0.15) is 30.8 Å². The third kappa shape index (κ3) is 4.83. The predicted molar refractivity (Wildman–Crippen MR) is 113 cm³/mol. The maximum absolute atomic E-state index is 12.6. The lowest BCUT2D eigenvalue weighted by atomic mass is 10.1. The molecule has 0 unspecified atom stereocenters. The number of esters is 1. The lowest BCUT2D eigenvalue weighted by Gasteiger charge is -2.11. The molecule has 8 nitrogen and oxygen atoms in total. The number of carbonyl (C=O) groups is 2. The smallest absolute Gasteiger partial charge is 0.359 e. The number of nitrogens with one attached hydrogen (secondary N) is 1. The summed E-state index contributed by atoms with van der Waals surface area (Å²) < 4.78 is 11.8. The molecule has 2 aromatic carbocycles. The van der Waals surface area contributed by atoms with Gasteiger partial charge in [-0.2, -0.15) is 5.10 Å². The van der Waals surface area contributed by atoms with Gasteiger partial charge in [0.05, 0.1) is 12.0 Å². The Bertz CT molecular complexity index is 1110. The number of amides is 1. The van der Waals surface area contributed by atoms with Crippen LogP contribution in [0.25, 0.3) is 10.8 Å². The first-order valence-corrected chi connectivity index (χ1v) is 9.73. The van der Waals surface area contributed by atoms with E-state index in [-0.39, 0.29) is 11.3 Å². The molecular formula is C22H23N3O5. The third-order valence-electron chi connectivity index (χ3n) is 4.28. The minimum absolute atomic E-state index is 0.00696. The number of fused-ring (bicyclic) bond motifs is 1. The Labute approximate surface area is 173 Å². The second-order valence-corrected chi connectivity index (χ2v) is 6.50. The van der Waals surface area contributed by atoms with Crippen molar-refractivity contribution in [3.05, 3.63) is 64.6 Å². The normalized spacial score (nSPS) is 10.6. The number of carbonyl (C=O) groups excluding carboxylic acids is 2. The van der Waals surface area contributed by atoms with Crippen LogP contribution in [0.15, 0.2) is 53.3 Å². The van der Waals surface area contributed by atoms with Crippen LogP contribution in [0.5, 0.6) is 5.75 Å². The maximum atomic E-state index is 12.6. The third-order valence-corrected chi connectivity index (χ3v) is 4.28. The summed E-state index contributed by atoms with van der Waals surface area (Å²) in [4.78, 5) is 37.3. The molecule has 0 aliphatic rings. The molecule has 1 N–H and O–H groups in total. The van der Waals surface area contributed by atoms with Crippen molar-refractivity contribution in [1.29, 1.82) is 0 Å². The fourth-order valence-electron chi connectivity index (χ4n) is 2.95. The number of benzene rings is 2. The molecule has 1 amide bonds. The summed E-state index contributed by atoms with van der Waals surface area (Å²) in [6.07, 6.45) is 0.685. The van der Waals surface area contributed by atoms with Crippen LogP contribution in [-0.2, 0) is 16.1 Å². The van der Waals surface area contributed by atoms with Crippen LogP contribution in [0.4, 0.5) is 5.69 Å². The molecule has 0 spiro atoms. The highest BCUT2D eigenvalue weighted by molar-refractivity contribution is 6.03. The number of nitrogens with zero attached hydrogens (tertiary/aromatic N) is 2. The molecule has 0 fully saturated rings. The number of hydrogen-bond acceptors (Lipinski definition) is 6. The number of anilines is 1. The Morgan fingerprint density at radius 3 is 2.40 bits per heavy atom. The zero-order valence-corrected chi connectivity index (χ0v) is 16.9. The van der Waals surface area contributed by atoms with Gasteiger partial charge in [-0.3, -0.25) is 9.59 Å². The van der Waals surface area contributed by atoms with E-state index in [9.17, 15) is 14.4 Å². The van der Waals surface area contributed by atoms with Gasteiger partial charge in [0.15, 0.2) is 12.3 Å². The lowest BCUT2D eigenvalue weighted by Crippen LogP contribution is -2.27. The van der Waals surface area contributed by atoms with Gasteiger partial charge in [0, 0.05) is 17.6 Å². The Hall–Kier alpha value is -3.68. The molecule has 0 saturated heterocycles. The first-order valence-electron chi connectivity index (χ1n) is 9.73. The molecule has 1 aromatic heterocycles. The standard InChI is InChI=1S/C22H23N3O5/c1-3-13-25-21(27)18-8-6-5-7-17(18)20(24-25)22(28)30-14-19(26)23-15-9-11-16(12-10-15)29-4-2/h5-12H,3-4,13-14H2,1-2H3,(H,23,26). The van der Waals surface area contributed by atoms with E-state index in [0.29, 0.717) is 41.8 Å². The molecule has 0 saturated carbocycles. The maximum Gasteiger partial charge on any atom is 0.359 e. The van der Waals surface area contributed by atoms with Crippen molar-refractivity contribution >= 4 is 28.3 Å². The number of ether oxygens (including phenoxy) is 2. The predicted octanol–water partition coefficient (Wildman–Crippen LogP) is 3.00. The molecule has 3 rings (SSSR count). The van der Waals surface area contributed by atoms with Crippen molar-refractivity contribution in [2.24, 2.45) is 0 Å². The van der Waals surface area contributed by atoms with Crippen LogP contribution < -0.4 is 15.6 Å². The van der Waals surface area contributed by atoms with Crippen molar-refractivity contribution in [3.8, 4) is 5.75 Å². The molecule has 0 radical (unpaired) electrons. The summed E-state index contributed by atoms with van der Waals surface area (Å²) in [6, 6.07) is 13.6. The van der Waals surface area contributed by atoms with Gasteiger partial charge in [0.2, 0.25) is 0 Å². The number of aromatic nitrogens is 2. The summed E-state index contributed by atoms with van der Waals surface area (Å²) in [5.41, 5.74) is 0.296. The summed E-state index contributed by atoms with van der Waals surface area (Å²) >= 11 is 0. The molecule has 156 valence electrons. The second kappa shape index (κ2) is 9.69. The molecule has 1 heterocycles. The van der Waals surface area contributed by atoms with E-state index < -0.39 is 18.5 Å². The Morgan fingerprint density at radius 1 is 1.03 bits per heavy atom. The van der Waals surface area contributed by atoms with Crippen LogP contribution >= 0.6 is 0 Å². The van der Waals surface area contributed by atoms with E-state index in [4.69, 9.17) is 9.47 Å². The molecule has 8 heteroatoms. The molecular weight excluding hydrogens is 386 g/mol. The molecule has 0 atom stereocenters. The van der Waals surface area contributed by atoms with Crippen LogP contribution in [0, 0.1) is 0 Å². The molecule has 0 bridgehead atoms. The van der Waals surface area contributed by atoms with Gasteiger partial charge in [-0.25, -0.2) is 9.48 Å². The van der Waals surface area contributed by atoms with E-state index >= 15 is 0 Å². The Balaban J connectivity index is 1.71. The zero-order valence-electron chi connectivity index (χ0n) is 16.9. The molecule has 30 heavy (non-hydrogen) atoms. The van der Waals surface area contributed by atoms with Crippen LogP contribution in [0.2, 0.25) is 0 Å². The van der Waals surface area contributed by atoms with Crippen molar-refractivity contribution in [1.82, 2.24) is 9.78 Å². The quantitative estimate of drug-likeness (QED) is 0.574. The van der Waals surface area contributed by atoms with E-state index in [1.54, 1.807) is 48.5 Å². The molecule has 0 aliphatic heterocycles. The number of aryl methyl sites for hydroxylation is 1. The van der Waals surface area contributed by atoms with Gasteiger partial charge in [-0.05, 0) is 43.7 Å². The fourth-order valence-corrected chi connectivity index (χ4v) is 2.95. The van der Waals surface area contributed by atoms with E-state index in [1.807, 2.05) is 13.8 Å². The minimum atomic E-state index is -0.766.